The Kier molecular flexibility index (Phi) is 6.09. The van der Waals surface area contributed by atoms with Gasteiger partial charge in [-0.1, -0.05) is 13.8 Å². The van der Waals surface area contributed by atoms with Gasteiger partial charge in [0.25, 0.3) is 0 Å². The lowest BCUT2D eigenvalue weighted by atomic mass is 9.73. The quantitative estimate of drug-likeness (QED) is 0.746. The maximum absolute atomic E-state index is 11.6. The SMILES string of the molecule is CNCCC(=O)NCC(C)(C)C1CCN(C)CC1. The molecule has 1 amide bonds. The molecule has 0 aromatic carbocycles. The van der Waals surface area contributed by atoms with Crippen LogP contribution in [-0.2, 0) is 4.79 Å². The molecule has 0 aromatic heterocycles. The van der Waals surface area contributed by atoms with Gasteiger partial charge in [-0.15, -0.1) is 0 Å². The Morgan fingerprint density at radius 3 is 2.50 bits per heavy atom. The Hall–Kier alpha value is -0.610. The number of piperidine rings is 1. The molecule has 1 aliphatic rings. The number of likely N-dealkylation sites (tertiary alicyclic amines) is 1. The minimum absolute atomic E-state index is 0.158. The molecule has 0 unspecified atom stereocenters. The van der Waals surface area contributed by atoms with Crippen LogP contribution in [0.1, 0.15) is 33.1 Å². The number of carbonyl (C=O) groups is 1. The first-order valence-corrected chi connectivity index (χ1v) is 7.05. The van der Waals surface area contributed by atoms with E-state index in [9.17, 15) is 4.79 Å². The van der Waals surface area contributed by atoms with Crippen molar-refractivity contribution >= 4 is 5.91 Å². The third-order valence-electron chi connectivity index (χ3n) is 4.17. The molecule has 4 nitrogen and oxygen atoms in total. The molecule has 1 rings (SSSR count). The zero-order chi connectivity index (χ0) is 13.6. The van der Waals surface area contributed by atoms with Crippen LogP contribution in [0, 0.1) is 11.3 Å². The van der Waals surface area contributed by atoms with Crippen molar-refractivity contribution in [3.63, 3.8) is 0 Å². The van der Waals surface area contributed by atoms with Crippen molar-refractivity contribution in [2.75, 3.05) is 40.3 Å². The van der Waals surface area contributed by atoms with Crippen molar-refractivity contribution < 1.29 is 4.79 Å². The lowest BCUT2D eigenvalue weighted by Gasteiger charge is -2.39. The van der Waals surface area contributed by atoms with Crippen LogP contribution in [0.4, 0.5) is 0 Å². The molecule has 0 aliphatic carbocycles. The predicted octanol–water partition coefficient (Wildman–Crippen LogP) is 1.08. The summed E-state index contributed by atoms with van der Waals surface area (Å²) in [4.78, 5) is 14.0. The summed E-state index contributed by atoms with van der Waals surface area (Å²) in [5.74, 6) is 0.878. The van der Waals surface area contributed by atoms with Gasteiger partial charge >= 0.3 is 0 Å². The molecule has 0 radical (unpaired) electrons. The number of nitrogens with zero attached hydrogens (tertiary/aromatic N) is 1. The molecule has 0 atom stereocenters. The van der Waals surface area contributed by atoms with Crippen LogP contribution >= 0.6 is 0 Å². The fraction of sp³-hybridized carbons (Fsp3) is 0.929. The Bertz CT molecular complexity index is 258. The molecule has 106 valence electrons. The fourth-order valence-corrected chi connectivity index (χ4v) is 2.59. The van der Waals surface area contributed by atoms with Gasteiger partial charge in [-0.3, -0.25) is 4.79 Å². The first kappa shape index (κ1) is 15.4. The number of hydrogen-bond acceptors (Lipinski definition) is 3. The summed E-state index contributed by atoms with van der Waals surface area (Å²) in [5.41, 5.74) is 0.205. The predicted molar refractivity (Wildman–Crippen MR) is 75.6 cm³/mol. The number of carbonyl (C=O) groups excluding carboxylic acids is 1. The minimum atomic E-state index is 0.158. The maximum Gasteiger partial charge on any atom is 0.221 e. The second kappa shape index (κ2) is 7.10. The highest BCUT2D eigenvalue weighted by atomic mass is 16.1. The first-order valence-electron chi connectivity index (χ1n) is 7.05. The van der Waals surface area contributed by atoms with Crippen LogP contribution < -0.4 is 10.6 Å². The van der Waals surface area contributed by atoms with E-state index in [2.05, 4.69) is 36.4 Å². The monoisotopic (exact) mass is 255 g/mol. The molecule has 0 aromatic rings. The van der Waals surface area contributed by atoms with E-state index in [0.29, 0.717) is 6.42 Å². The van der Waals surface area contributed by atoms with Crippen molar-refractivity contribution in [2.45, 2.75) is 33.1 Å². The zero-order valence-electron chi connectivity index (χ0n) is 12.4. The smallest absolute Gasteiger partial charge is 0.221 e. The molecule has 18 heavy (non-hydrogen) atoms. The van der Waals surface area contributed by atoms with Gasteiger partial charge in [0.05, 0.1) is 0 Å². The first-order chi connectivity index (χ1) is 8.45. The summed E-state index contributed by atoms with van der Waals surface area (Å²) < 4.78 is 0. The maximum atomic E-state index is 11.6. The van der Waals surface area contributed by atoms with Crippen LogP contribution in [0.2, 0.25) is 0 Å². The summed E-state index contributed by atoms with van der Waals surface area (Å²) in [5, 5.41) is 6.07. The summed E-state index contributed by atoms with van der Waals surface area (Å²) in [6, 6.07) is 0. The van der Waals surface area contributed by atoms with Gasteiger partial charge in [0.2, 0.25) is 5.91 Å². The van der Waals surface area contributed by atoms with Crippen LogP contribution in [0.5, 0.6) is 0 Å². The second-order valence-corrected chi connectivity index (χ2v) is 6.20. The Labute approximate surface area is 111 Å². The molecule has 1 aliphatic heterocycles. The summed E-state index contributed by atoms with van der Waals surface area (Å²) in [6.45, 7) is 8.47. The molecule has 0 bridgehead atoms. The zero-order valence-corrected chi connectivity index (χ0v) is 12.4. The van der Waals surface area contributed by atoms with E-state index in [1.807, 2.05) is 7.05 Å². The standard InChI is InChI=1S/C14H29N3O/c1-14(2,11-16-13(18)5-8-15-3)12-6-9-17(4)10-7-12/h12,15H,5-11H2,1-4H3,(H,16,18). The minimum Gasteiger partial charge on any atom is -0.356 e. The topological polar surface area (TPSA) is 44.4 Å². The normalized spacial score (nSPS) is 18.9. The average molecular weight is 255 g/mol. The molecule has 1 heterocycles. The molecule has 0 saturated carbocycles. The van der Waals surface area contributed by atoms with E-state index in [0.717, 1.165) is 19.0 Å². The van der Waals surface area contributed by atoms with E-state index in [1.54, 1.807) is 0 Å². The van der Waals surface area contributed by atoms with Gasteiger partial charge in [-0.2, -0.15) is 0 Å². The molecule has 2 N–H and O–H groups in total. The highest BCUT2D eigenvalue weighted by molar-refractivity contribution is 5.76. The number of nitrogens with one attached hydrogen (secondary N) is 2. The van der Waals surface area contributed by atoms with Gasteiger partial charge in [0, 0.05) is 19.5 Å². The Morgan fingerprint density at radius 2 is 1.94 bits per heavy atom. The fourth-order valence-electron chi connectivity index (χ4n) is 2.59. The van der Waals surface area contributed by atoms with Crippen LogP contribution in [0.3, 0.4) is 0 Å². The van der Waals surface area contributed by atoms with E-state index < -0.39 is 0 Å². The van der Waals surface area contributed by atoms with E-state index in [-0.39, 0.29) is 11.3 Å². The van der Waals surface area contributed by atoms with Crippen LogP contribution in [0.25, 0.3) is 0 Å². The molecule has 0 spiro atoms. The van der Waals surface area contributed by atoms with Crippen molar-refractivity contribution in [2.24, 2.45) is 11.3 Å². The number of rotatable bonds is 6. The van der Waals surface area contributed by atoms with Crippen LogP contribution in [-0.4, -0.2) is 51.1 Å². The number of hydrogen-bond donors (Lipinski definition) is 2. The van der Waals surface area contributed by atoms with Crippen molar-refractivity contribution in [1.82, 2.24) is 15.5 Å². The van der Waals surface area contributed by atoms with Crippen molar-refractivity contribution in [3.05, 3.63) is 0 Å². The molecule has 1 fully saturated rings. The largest absolute Gasteiger partial charge is 0.356 e. The molecular weight excluding hydrogens is 226 g/mol. The van der Waals surface area contributed by atoms with Crippen LogP contribution in [0.15, 0.2) is 0 Å². The Morgan fingerprint density at radius 1 is 1.33 bits per heavy atom. The van der Waals surface area contributed by atoms with Gasteiger partial charge in [-0.25, -0.2) is 0 Å². The van der Waals surface area contributed by atoms with Crippen molar-refractivity contribution in [3.8, 4) is 0 Å². The van der Waals surface area contributed by atoms with E-state index in [1.165, 1.54) is 25.9 Å². The molecule has 1 saturated heterocycles. The van der Waals surface area contributed by atoms with Gasteiger partial charge < -0.3 is 15.5 Å². The molecule has 4 heteroatoms. The highest BCUT2D eigenvalue weighted by Crippen LogP contribution is 2.34. The van der Waals surface area contributed by atoms with E-state index in [4.69, 9.17) is 0 Å². The summed E-state index contributed by atoms with van der Waals surface area (Å²) in [6.07, 6.45) is 3.06. The van der Waals surface area contributed by atoms with Crippen molar-refractivity contribution in [1.29, 1.82) is 0 Å². The highest BCUT2D eigenvalue weighted by Gasteiger charge is 2.31. The second-order valence-electron chi connectivity index (χ2n) is 6.20. The van der Waals surface area contributed by atoms with E-state index >= 15 is 0 Å². The number of amides is 1. The van der Waals surface area contributed by atoms with Gasteiger partial charge in [0.1, 0.15) is 0 Å². The molecular formula is C14H29N3O. The average Bonchev–Trinajstić information content (AvgIpc) is 2.34. The lowest BCUT2D eigenvalue weighted by molar-refractivity contribution is -0.121. The third-order valence-corrected chi connectivity index (χ3v) is 4.17. The van der Waals surface area contributed by atoms with Gasteiger partial charge in [0.15, 0.2) is 0 Å². The van der Waals surface area contributed by atoms with Gasteiger partial charge in [-0.05, 0) is 51.4 Å². The summed E-state index contributed by atoms with van der Waals surface area (Å²) in [7, 11) is 4.05. The summed E-state index contributed by atoms with van der Waals surface area (Å²) >= 11 is 0. The Balaban J connectivity index is 2.32. The lowest BCUT2D eigenvalue weighted by Crippen LogP contribution is -2.43. The third kappa shape index (κ3) is 4.94.